The van der Waals surface area contributed by atoms with Gasteiger partial charge >= 0.3 is 6.18 Å². The minimum absolute atomic E-state index is 0. The number of nitrogens with one attached hydrogen (secondary N) is 1. The Morgan fingerprint density at radius 2 is 1.94 bits per heavy atom. The molecular weight excluding hydrogens is 273 g/mol. The molecule has 0 radical (unpaired) electrons. The Morgan fingerprint density at radius 3 is 2.50 bits per heavy atom. The highest BCUT2D eigenvalue weighted by Crippen LogP contribution is 2.17. The lowest BCUT2D eigenvalue weighted by atomic mass is 10.3. The van der Waals surface area contributed by atoms with Gasteiger partial charge in [0.1, 0.15) is 13.2 Å². The van der Waals surface area contributed by atoms with Crippen molar-refractivity contribution < 1.29 is 22.7 Å². The molecule has 4 nitrogen and oxygen atoms in total. The molecule has 1 amide bonds. The second-order valence-corrected chi connectivity index (χ2v) is 3.24. The first-order chi connectivity index (χ1) is 7.88. The number of carbonyl (C=O) groups excluding carboxylic acids is 1. The van der Waals surface area contributed by atoms with E-state index in [0.717, 1.165) is 0 Å². The molecule has 0 aliphatic rings. The summed E-state index contributed by atoms with van der Waals surface area (Å²) in [6.45, 7) is -2.13. The van der Waals surface area contributed by atoms with E-state index in [1.807, 2.05) is 0 Å². The summed E-state index contributed by atoms with van der Waals surface area (Å²) in [5.74, 6) is -0.688. The minimum Gasteiger partial charge on any atom is -0.397 e. The molecule has 3 N–H and O–H groups in total. The maximum absolute atomic E-state index is 11.7. The van der Waals surface area contributed by atoms with E-state index in [1.165, 1.54) is 6.07 Å². The van der Waals surface area contributed by atoms with Gasteiger partial charge in [-0.2, -0.15) is 13.2 Å². The van der Waals surface area contributed by atoms with Crippen LogP contribution in [0.3, 0.4) is 0 Å². The molecule has 0 spiro atoms. The molecule has 0 aromatic heterocycles. The van der Waals surface area contributed by atoms with Crippen molar-refractivity contribution in [2.45, 2.75) is 6.18 Å². The van der Waals surface area contributed by atoms with Gasteiger partial charge in [-0.25, -0.2) is 0 Å². The molecule has 1 aromatic rings. The normalized spacial score (nSPS) is 10.6. The summed E-state index contributed by atoms with van der Waals surface area (Å²) in [4.78, 5) is 11.2. The molecule has 0 saturated heterocycles. The predicted octanol–water partition coefficient (Wildman–Crippen LogP) is 2.21. The first kappa shape index (κ1) is 16.5. The number of hydrogen-bond donors (Lipinski definition) is 2. The monoisotopic (exact) mass is 284 g/mol. The zero-order valence-electron chi connectivity index (χ0n) is 9.16. The van der Waals surface area contributed by atoms with Crippen LogP contribution in [-0.4, -0.2) is 25.3 Å². The molecule has 0 heterocycles. The molecule has 102 valence electrons. The molecule has 0 bridgehead atoms. The van der Waals surface area contributed by atoms with Crippen molar-refractivity contribution in [3.8, 4) is 0 Å². The molecule has 8 heteroatoms. The van der Waals surface area contributed by atoms with E-state index in [1.54, 1.807) is 18.2 Å². The highest BCUT2D eigenvalue weighted by atomic mass is 35.5. The molecule has 0 saturated carbocycles. The maximum Gasteiger partial charge on any atom is 0.411 e. The summed E-state index contributed by atoms with van der Waals surface area (Å²) in [5.41, 5.74) is 6.20. The molecule has 18 heavy (non-hydrogen) atoms. The third-order valence-electron chi connectivity index (χ3n) is 1.73. The SMILES string of the molecule is Cl.Nc1ccccc1NC(=O)COCC(F)(F)F. The van der Waals surface area contributed by atoms with E-state index < -0.39 is 25.3 Å². The van der Waals surface area contributed by atoms with Crippen LogP contribution >= 0.6 is 12.4 Å². The van der Waals surface area contributed by atoms with Crippen LogP contribution in [0.15, 0.2) is 24.3 Å². The number of carbonyl (C=O) groups is 1. The number of benzene rings is 1. The second-order valence-electron chi connectivity index (χ2n) is 3.24. The van der Waals surface area contributed by atoms with E-state index in [0.29, 0.717) is 11.4 Å². The number of para-hydroxylation sites is 2. The lowest BCUT2D eigenvalue weighted by molar-refractivity contribution is -0.174. The fourth-order valence-electron chi connectivity index (χ4n) is 1.06. The first-order valence-electron chi connectivity index (χ1n) is 4.67. The third kappa shape index (κ3) is 6.31. The number of ether oxygens (including phenoxy) is 1. The lowest BCUT2D eigenvalue weighted by Gasteiger charge is -2.09. The lowest BCUT2D eigenvalue weighted by Crippen LogP contribution is -2.24. The standard InChI is InChI=1S/C10H11F3N2O2.ClH/c11-10(12,13)6-17-5-9(16)15-8-4-2-1-3-7(8)14;/h1-4H,5-6,14H2,(H,15,16);1H. The Morgan fingerprint density at radius 1 is 1.33 bits per heavy atom. The van der Waals surface area contributed by atoms with E-state index >= 15 is 0 Å². The summed E-state index contributed by atoms with van der Waals surface area (Å²) in [6, 6.07) is 6.41. The fraction of sp³-hybridized carbons (Fsp3) is 0.300. The van der Waals surface area contributed by atoms with Gasteiger partial charge in [-0.3, -0.25) is 4.79 Å². The van der Waals surface area contributed by atoms with Gasteiger partial charge in [0.05, 0.1) is 11.4 Å². The van der Waals surface area contributed by atoms with Crippen molar-refractivity contribution in [2.24, 2.45) is 0 Å². The van der Waals surface area contributed by atoms with Gasteiger partial charge < -0.3 is 15.8 Å². The van der Waals surface area contributed by atoms with E-state index in [-0.39, 0.29) is 12.4 Å². The molecule has 1 aromatic carbocycles. The quantitative estimate of drug-likeness (QED) is 0.833. The number of anilines is 2. The van der Waals surface area contributed by atoms with Crippen LogP contribution in [0.25, 0.3) is 0 Å². The number of alkyl halides is 3. The van der Waals surface area contributed by atoms with Crippen LogP contribution < -0.4 is 11.1 Å². The maximum atomic E-state index is 11.7. The zero-order valence-corrected chi connectivity index (χ0v) is 9.98. The second kappa shape index (κ2) is 7.07. The molecule has 0 atom stereocenters. The first-order valence-corrected chi connectivity index (χ1v) is 4.67. The molecule has 0 aliphatic heterocycles. The van der Waals surface area contributed by atoms with E-state index in [2.05, 4.69) is 10.1 Å². The van der Waals surface area contributed by atoms with Gasteiger partial charge in [0.25, 0.3) is 0 Å². The predicted molar refractivity (Wildman–Crippen MR) is 63.6 cm³/mol. The minimum atomic E-state index is -4.44. The number of nitrogen functional groups attached to an aromatic ring is 1. The third-order valence-corrected chi connectivity index (χ3v) is 1.73. The summed E-state index contributed by atoms with van der Waals surface area (Å²) in [7, 11) is 0. The smallest absolute Gasteiger partial charge is 0.397 e. The largest absolute Gasteiger partial charge is 0.411 e. The van der Waals surface area contributed by atoms with E-state index in [9.17, 15) is 18.0 Å². The number of hydrogen-bond acceptors (Lipinski definition) is 3. The Hall–Kier alpha value is -1.47. The van der Waals surface area contributed by atoms with Crippen molar-refractivity contribution in [1.82, 2.24) is 0 Å². The molecule has 0 aliphatic carbocycles. The van der Waals surface area contributed by atoms with Gasteiger partial charge in [0, 0.05) is 0 Å². The van der Waals surface area contributed by atoms with Crippen molar-refractivity contribution >= 4 is 29.7 Å². The Kier molecular flexibility index (Phi) is 6.50. The van der Waals surface area contributed by atoms with Gasteiger partial charge in [0.15, 0.2) is 0 Å². The highest BCUT2D eigenvalue weighted by Gasteiger charge is 2.27. The Labute approximate surface area is 108 Å². The number of halogens is 4. The number of amides is 1. The molecule has 0 fully saturated rings. The van der Waals surface area contributed by atoms with Crippen molar-refractivity contribution in [1.29, 1.82) is 0 Å². The Bertz CT molecular complexity index is 399. The van der Waals surface area contributed by atoms with Crippen LogP contribution in [0.5, 0.6) is 0 Å². The summed E-state index contributed by atoms with van der Waals surface area (Å²) >= 11 is 0. The Balaban J connectivity index is 0.00000289. The average Bonchev–Trinajstić information content (AvgIpc) is 2.19. The van der Waals surface area contributed by atoms with Crippen LogP contribution in [0.2, 0.25) is 0 Å². The van der Waals surface area contributed by atoms with Gasteiger partial charge in [-0.15, -0.1) is 12.4 Å². The van der Waals surface area contributed by atoms with Crippen LogP contribution in [0.4, 0.5) is 24.5 Å². The molecular formula is C10H12ClF3N2O2. The fourth-order valence-corrected chi connectivity index (χ4v) is 1.06. The van der Waals surface area contributed by atoms with E-state index in [4.69, 9.17) is 5.73 Å². The summed E-state index contributed by atoms with van der Waals surface area (Å²) in [6.07, 6.45) is -4.44. The number of rotatable bonds is 4. The van der Waals surface area contributed by atoms with Crippen molar-refractivity contribution in [2.75, 3.05) is 24.3 Å². The van der Waals surface area contributed by atoms with Gasteiger partial charge in [0.2, 0.25) is 5.91 Å². The topological polar surface area (TPSA) is 64.3 Å². The number of nitrogens with two attached hydrogens (primary N) is 1. The summed E-state index contributed by atoms with van der Waals surface area (Å²) in [5, 5.41) is 2.34. The molecule has 0 unspecified atom stereocenters. The summed E-state index contributed by atoms with van der Waals surface area (Å²) < 4.78 is 39.4. The van der Waals surface area contributed by atoms with Crippen LogP contribution in [-0.2, 0) is 9.53 Å². The van der Waals surface area contributed by atoms with Gasteiger partial charge in [-0.05, 0) is 12.1 Å². The average molecular weight is 285 g/mol. The van der Waals surface area contributed by atoms with Gasteiger partial charge in [-0.1, -0.05) is 12.1 Å². The van der Waals surface area contributed by atoms with Crippen LogP contribution in [0.1, 0.15) is 0 Å². The van der Waals surface area contributed by atoms with Crippen LogP contribution in [0, 0.1) is 0 Å². The molecule has 1 rings (SSSR count). The highest BCUT2D eigenvalue weighted by molar-refractivity contribution is 5.94. The van der Waals surface area contributed by atoms with Crippen molar-refractivity contribution in [3.63, 3.8) is 0 Å². The zero-order chi connectivity index (χ0) is 12.9. The van der Waals surface area contributed by atoms with Crippen molar-refractivity contribution in [3.05, 3.63) is 24.3 Å².